The first-order valence-corrected chi connectivity index (χ1v) is 6.80. The van der Waals surface area contributed by atoms with Crippen LogP contribution in [0.1, 0.15) is 39.7 Å². The van der Waals surface area contributed by atoms with Crippen molar-refractivity contribution in [1.29, 1.82) is 0 Å². The fourth-order valence-corrected chi connectivity index (χ4v) is 2.27. The van der Waals surface area contributed by atoms with Gasteiger partial charge in [0.2, 0.25) is 5.91 Å². The predicted octanol–water partition coefficient (Wildman–Crippen LogP) is 2.52. The average molecular weight is 275 g/mol. The third-order valence-corrected chi connectivity index (χ3v) is 3.41. The second-order valence-corrected chi connectivity index (χ2v) is 6.42. The normalized spacial score (nSPS) is 22.4. The van der Waals surface area contributed by atoms with E-state index < -0.39 is 11.1 Å². The molecule has 0 radical (unpaired) electrons. The number of hydrogen-bond acceptors (Lipinski definition) is 3. The summed E-state index contributed by atoms with van der Waals surface area (Å²) in [5.74, 6) is -0.345. The minimum atomic E-state index is -0.847. The fourth-order valence-electron chi connectivity index (χ4n) is 2.27. The molecule has 1 aliphatic heterocycles. The smallest absolute Gasteiger partial charge is 0.332 e. The van der Waals surface area contributed by atoms with Crippen LogP contribution in [0.15, 0.2) is 30.3 Å². The van der Waals surface area contributed by atoms with Gasteiger partial charge in [-0.25, -0.2) is 4.79 Å². The quantitative estimate of drug-likeness (QED) is 0.629. The molecule has 1 fully saturated rings. The van der Waals surface area contributed by atoms with Gasteiger partial charge in [-0.15, -0.1) is 0 Å². The van der Waals surface area contributed by atoms with Crippen LogP contribution in [0.2, 0.25) is 0 Å². The van der Waals surface area contributed by atoms with Crippen molar-refractivity contribution in [3.05, 3.63) is 35.9 Å². The number of ether oxygens (including phenoxy) is 1. The lowest BCUT2D eigenvalue weighted by Crippen LogP contribution is -2.66. The van der Waals surface area contributed by atoms with Crippen molar-refractivity contribution >= 4 is 11.9 Å². The highest BCUT2D eigenvalue weighted by molar-refractivity contribution is 5.98. The lowest BCUT2D eigenvalue weighted by atomic mass is 9.85. The summed E-state index contributed by atoms with van der Waals surface area (Å²) in [6, 6.07) is 9.66. The van der Waals surface area contributed by atoms with E-state index in [9.17, 15) is 9.59 Å². The molecule has 0 N–H and O–H groups in total. The Morgan fingerprint density at radius 2 is 1.90 bits per heavy atom. The number of esters is 1. The Bertz CT molecular complexity index is 518. The molecule has 0 spiro atoms. The van der Waals surface area contributed by atoms with E-state index in [4.69, 9.17) is 4.74 Å². The van der Waals surface area contributed by atoms with Crippen molar-refractivity contribution in [1.82, 2.24) is 4.90 Å². The van der Waals surface area contributed by atoms with Crippen molar-refractivity contribution in [2.24, 2.45) is 0 Å². The van der Waals surface area contributed by atoms with Gasteiger partial charge in [0.05, 0.1) is 6.42 Å². The molecule has 1 aromatic carbocycles. The summed E-state index contributed by atoms with van der Waals surface area (Å²) in [7, 11) is 0. The molecule has 0 aromatic heterocycles. The number of likely N-dealkylation sites (tertiary alicyclic amines) is 1. The largest absolute Gasteiger partial charge is 0.458 e. The first-order chi connectivity index (χ1) is 9.22. The number of benzene rings is 1. The van der Waals surface area contributed by atoms with Gasteiger partial charge in [0.25, 0.3) is 0 Å². The highest BCUT2D eigenvalue weighted by Crippen LogP contribution is 2.35. The van der Waals surface area contributed by atoms with Crippen LogP contribution in [0.3, 0.4) is 0 Å². The van der Waals surface area contributed by atoms with E-state index in [1.54, 1.807) is 11.8 Å². The van der Waals surface area contributed by atoms with Gasteiger partial charge in [0.15, 0.2) is 0 Å². The molecule has 1 atom stereocenters. The summed E-state index contributed by atoms with van der Waals surface area (Å²) in [5.41, 5.74) is -0.382. The summed E-state index contributed by atoms with van der Waals surface area (Å²) in [5, 5.41) is 0. The van der Waals surface area contributed by atoms with Crippen molar-refractivity contribution in [2.45, 2.75) is 51.8 Å². The summed E-state index contributed by atoms with van der Waals surface area (Å²) in [6.07, 6.45) is 0.217. The Morgan fingerprint density at radius 1 is 1.30 bits per heavy atom. The molecule has 0 aliphatic carbocycles. The molecule has 1 heterocycles. The van der Waals surface area contributed by atoms with Gasteiger partial charge >= 0.3 is 5.97 Å². The first-order valence-electron chi connectivity index (χ1n) is 6.80. The second-order valence-electron chi connectivity index (χ2n) is 6.42. The van der Waals surface area contributed by atoms with Crippen LogP contribution in [0.4, 0.5) is 0 Å². The molecule has 1 amide bonds. The molecule has 4 nitrogen and oxygen atoms in total. The van der Waals surface area contributed by atoms with Gasteiger partial charge in [-0.05, 0) is 33.3 Å². The fraction of sp³-hybridized carbons (Fsp3) is 0.500. The molecule has 2 rings (SSSR count). The van der Waals surface area contributed by atoms with E-state index in [0.717, 1.165) is 5.56 Å². The van der Waals surface area contributed by atoms with E-state index in [0.29, 0.717) is 6.54 Å². The maximum absolute atomic E-state index is 12.3. The van der Waals surface area contributed by atoms with E-state index in [1.165, 1.54) is 0 Å². The van der Waals surface area contributed by atoms with Gasteiger partial charge in [-0.3, -0.25) is 4.79 Å². The van der Waals surface area contributed by atoms with Gasteiger partial charge in [0, 0.05) is 6.54 Å². The van der Waals surface area contributed by atoms with E-state index in [2.05, 4.69) is 0 Å². The highest BCUT2D eigenvalue weighted by Gasteiger charge is 2.54. The van der Waals surface area contributed by atoms with Gasteiger partial charge < -0.3 is 9.64 Å². The maximum atomic E-state index is 12.3. The molecule has 0 saturated carbocycles. The summed E-state index contributed by atoms with van der Waals surface area (Å²) < 4.78 is 5.43. The van der Waals surface area contributed by atoms with Crippen LogP contribution in [0, 0.1) is 0 Å². The monoisotopic (exact) mass is 275 g/mol. The van der Waals surface area contributed by atoms with E-state index >= 15 is 0 Å². The molecule has 1 saturated heterocycles. The van der Waals surface area contributed by atoms with Crippen LogP contribution in [-0.4, -0.2) is 27.9 Å². The van der Waals surface area contributed by atoms with Crippen LogP contribution >= 0.6 is 0 Å². The molecular formula is C16H21NO3. The van der Waals surface area contributed by atoms with Crippen molar-refractivity contribution in [3.63, 3.8) is 0 Å². The third-order valence-electron chi connectivity index (χ3n) is 3.41. The van der Waals surface area contributed by atoms with Gasteiger partial charge in [0.1, 0.15) is 11.1 Å². The number of carbonyl (C=O) groups excluding carboxylic acids is 2. The van der Waals surface area contributed by atoms with E-state index in [-0.39, 0.29) is 18.3 Å². The number of amides is 1. The number of carbonyl (C=O) groups is 2. The lowest BCUT2D eigenvalue weighted by Gasteiger charge is -2.48. The highest BCUT2D eigenvalue weighted by atomic mass is 16.6. The molecule has 0 unspecified atom stereocenters. The van der Waals surface area contributed by atoms with E-state index in [1.807, 2.05) is 51.1 Å². The minimum Gasteiger partial charge on any atom is -0.458 e. The van der Waals surface area contributed by atoms with Crippen molar-refractivity contribution < 1.29 is 14.3 Å². The van der Waals surface area contributed by atoms with Crippen LogP contribution in [-0.2, 0) is 20.9 Å². The number of hydrogen-bond donors (Lipinski definition) is 0. The SMILES string of the molecule is CC(C)(C)OC(=O)[C@@]1(C)CC(=O)N1Cc1ccccc1. The molecule has 0 bridgehead atoms. The summed E-state index contributed by atoms with van der Waals surface area (Å²) >= 11 is 0. The molecule has 1 aliphatic rings. The molecule has 1 aromatic rings. The zero-order valence-electron chi connectivity index (χ0n) is 12.5. The van der Waals surface area contributed by atoms with Crippen LogP contribution in [0.25, 0.3) is 0 Å². The molecular weight excluding hydrogens is 254 g/mol. The Hall–Kier alpha value is -1.84. The zero-order valence-corrected chi connectivity index (χ0v) is 12.5. The standard InChI is InChI=1S/C16H21NO3/c1-15(2,3)20-14(19)16(4)10-13(18)17(16)11-12-8-6-5-7-9-12/h5-9H,10-11H2,1-4H3/t16-/m1/s1. The Morgan fingerprint density at radius 3 is 2.40 bits per heavy atom. The molecule has 4 heteroatoms. The maximum Gasteiger partial charge on any atom is 0.332 e. The molecule has 20 heavy (non-hydrogen) atoms. The van der Waals surface area contributed by atoms with Gasteiger partial charge in [-0.2, -0.15) is 0 Å². The average Bonchev–Trinajstić information content (AvgIpc) is 2.35. The number of β-lactam (4-membered cyclic amide) rings is 1. The minimum absolute atomic E-state index is 0.0118. The summed E-state index contributed by atoms with van der Waals surface area (Å²) in [4.78, 5) is 25.7. The van der Waals surface area contributed by atoms with Crippen LogP contribution in [0.5, 0.6) is 0 Å². The van der Waals surface area contributed by atoms with Crippen LogP contribution < -0.4 is 0 Å². The Labute approximate surface area is 119 Å². The molecule has 108 valence electrons. The Kier molecular flexibility index (Phi) is 3.59. The lowest BCUT2D eigenvalue weighted by molar-refractivity contribution is -0.186. The Balaban J connectivity index is 2.12. The predicted molar refractivity (Wildman–Crippen MR) is 75.9 cm³/mol. The number of rotatable bonds is 3. The third kappa shape index (κ3) is 2.84. The number of nitrogens with zero attached hydrogens (tertiary/aromatic N) is 1. The zero-order chi connectivity index (χ0) is 15.0. The van der Waals surface area contributed by atoms with Gasteiger partial charge in [-0.1, -0.05) is 30.3 Å². The topological polar surface area (TPSA) is 46.6 Å². The summed E-state index contributed by atoms with van der Waals surface area (Å²) in [6.45, 7) is 7.70. The van der Waals surface area contributed by atoms with Crippen molar-refractivity contribution in [2.75, 3.05) is 0 Å². The second kappa shape index (κ2) is 4.93. The first kappa shape index (κ1) is 14.6. The van der Waals surface area contributed by atoms with Crippen molar-refractivity contribution in [3.8, 4) is 0 Å².